The van der Waals surface area contributed by atoms with E-state index in [9.17, 15) is 9.59 Å². The average Bonchev–Trinajstić information content (AvgIpc) is 2.47. The molecule has 2 rings (SSSR count). The van der Waals surface area contributed by atoms with Gasteiger partial charge in [-0.3, -0.25) is 9.59 Å². The van der Waals surface area contributed by atoms with Gasteiger partial charge in [-0.1, -0.05) is 23.3 Å². The lowest BCUT2D eigenvalue weighted by molar-refractivity contribution is -0.119. The van der Waals surface area contributed by atoms with Gasteiger partial charge in [-0.25, -0.2) is 4.98 Å². The minimum Gasteiger partial charge on any atom is -0.368 e. The Morgan fingerprint density at radius 1 is 1.26 bits per heavy atom. The van der Waals surface area contributed by atoms with Crippen LogP contribution in [-0.4, -0.2) is 22.8 Å². The second-order valence-corrected chi connectivity index (χ2v) is 6.21. The van der Waals surface area contributed by atoms with Crippen LogP contribution in [0.2, 0.25) is 0 Å². The maximum Gasteiger partial charge on any atom is 0.251 e. The van der Waals surface area contributed by atoms with E-state index in [2.05, 4.69) is 26.2 Å². The van der Waals surface area contributed by atoms with Crippen LogP contribution in [0.15, 0.2) is 41.1 Å². The summed E-state index contributed by atoms with van der Waals surface area (Å²) in [5.74, 6) is -0.904. The Morgan fingerprint density at radius 2 is 1.91 bits per heavy atom. The standard InChI is InChI=1S/C17H18BrN3O2/c1-10-6-11(2)8-13(7-10)17(23)21-14(16(19)22)9-12-4-3-5-20-15(12)18/h3-8,14H,9H2,1-2H3,(H2,19,22)(H,21,23)/t14-/m0/s1. The number of aromatic nitrogens is 1. The van der Waals surface area contributed by atoms with E-state index in [1.54, 1.807) is 24.4 Å². The Kier molecular flexibility index (Phi) is 5.50. The lowest BCUT2D eigenvalue weighted by Crippen LogP contribution is -2.46. The molecule has 1 atom stereocenters. The van der Waals surface area contributed by atoms with E-state index >= 15 is 0 Å². The Morgan fingerprint density at radius 3 is 2.48 bits per heavy atom. The fraction of sp³-hybridized carbons (Fsp3) is 0.235. The van der Waals surface area contributed by atoms with Gasteiger partial charge in [0.15, 0.2) is 0 Å². The highest BCUT2D eigenvalue weighted by Gasteiger charge is 2.21. The van der Waals surface area contributed by atoms with Crippen molar-refractivity contribution in [2.24, 2.45) is 5.73 Å². The van der Waals surface area contributed by atoms with Crippen molar-refractivity contribution in [3.8, 4) is 0 Å². The Labute approximate surface area is 143 Å². The van der Waals surface area contributed by atoms with E-state index in [4.69, 9.17) is 5.73 Å². The number of hydrogen-bond acceptors (Lipinski definition) is 3. The number of hydrogen-bond donors (Lipinski definition) is 2. The summed E-state index contributed by atoms with van der Waals surface area (Å²) in [4.78, 5) is 28.2. The molecule has 0 spiro atoms. The predicted molar refractivity (Wildman–Crippen MR) is 92.0 cm³/mol. The first kappa shape index (κ1) is 17.1. The van der Waals surface area contributed by atoms with Crippen molar-refractivity contribution in [3.63, 3.8) is 0 Å². The Balaban J connectivity index is 2.18. The first-order valence-corrected chi connectivity index (χ1v) is 7.94. The van der Waals surface area contributed by atoms with Gasteiger partial charge < -0.3 is 11.1 Å². The van der Waals surface area contributed by atoms with E-state index < -0.39 is 11.9 Å². The summed E-state index contributed by atoms with van der Waals surface area (Å²) in [7, 11) is 0. The molecule has 2 amide bonds. The van der Waals surface area contributed by atoms with Crippen LogP contribution in [0.3, 0.4) is 0 Å². The Hall–Kier alpha value is -2.21. The summed E-state index contributed by atoms with van der Waals surface area (Å²) >= 11 is 3.33. The molecule has 0 unspecified atom stereocenters. The Bertz CT molecular complexity index is 726. The van der Waals surface area contributed by atoms with E-state index in [0.717, 1.165) is 16.7 Å². The molecule has 0 saturated carbocycles. The van der Waals surface area contributed by atoms with Crippen LogP contribution in [0.4, 0.5) is 0 Å². The largest absolute Gasteiger partial charge is 0.368 e. The third-order valence-electron chi connectivity index (χ3n) is 3.39. The van der Waals surface area contributed by atoms with E-state index in [-0.39, 0.29) is 12.3 Å². The molecule has 1 aromatic heterocycles. The molecule has 0 aliphatic heterocycles. The molecular formula is C17H18BrN3O2. The quantitative estimate of drug-likeness (QED) is 0.786. The minimum absolute atomic E-state index is 0.278. The maximum absolute atomic E-state index is 12.4. The number of rotatable bonds is 5. The molecule has 5 nitrogen and oxygen atoms in total. The van der Waals surface area contributed by atoms with Crippen molar-refractivity contribution in [2.45, 2.75) is 26.3 Å². The number of carbonyl (C=O) groups is 2. The third-order valence-corrected chi connectivity index (χ3v) is 4.11. The summed E-state index contributed by atoms with van der Waals surface area (Å²) in [5, 5.41) is 2.70. The van der Waals surface area contributed by atoms with Gasteiger partial charge in [0.05, 0.1) is 0 Å². The number of amides is 2. The van der Waals surface area contributed by atoms with Crippen LogP contribution < -0.4 is 11.1 Å². The number of nitrogens with one attached hydrogen (secondary N) is 1. The molecule has 2 aromatic rings. The van der Waals surface area contributed by atoms with Gasteiger partial charge in [-0.05, 0) is 53.5 Å². The molecule has 120 valence electrons. The van der Waals surface area contributed by atoms with Gasteiger partial charge >= 0.3 is 0 Å². The van der Waals surface area contributed by atoms with Crippen molar-refractivity contribution in [2.75, 3.05) is 0 Å². The summed E-state index contributed by atoms with van der Waals surface area (Å²) in [6, 6.07) is 8.33. The zero-order valence-corrected chi connectivity index (χ0v) is 14.6. The van der Waals surface area contributed by atoms with Gasteiger partial charge in [0.25, 0.3) is 5.91 Å². The highest BCUT2D eigenvalue weighted by atomic mass is 79.9. The first-order chi connectivity index (χ1) is 10.9. The van der Waals surface area contributed by atoms with E-state index in [1.807, 2.05) is 26.0 Å². The zero-order chi connectivity index (χ0) is 17.0. The molecule has 3 N–H and O–H groups in total. The smallest absolute Gasteiger partial charge is 0.251 e. The van der Waals surface area contributed by atoms with E-state index in [1.165, 1.54) is 0 Å². The third kappa shape index (κ3) is 4.63. The topological polar surface area (TPSA) is 85.1 Å². The van der Waals surface area contributed by atoms with Crippen molar-refractivity contribution in [1.82, 2.24) is 10.3 Å². The molecule has 0 radical (unpaired) electrons. The average molecular weight is 376 g/mol. The molecule has 0 bridgehead atoms. The molecular weight excluding hydrogens is 358 g/mol. The number of halogens is 1. The summed E-state index contributed by atoms with van der Waals surface area (Å²) in [6.45, 7) is 3.84. The number of nitrogens with two attached hydrogens (primary N) is 1. The first-order valence-electron chi connectivity index (χ1n) is 7.14. The number of aryl methyl sites for hydroxylation is 2. The lowest BCUT2D eigenvalue weighted by atomic mass is 10.0. The van der Waals surface area contributed by atoms with Crippen molar-refractivity contribution in [1.29, 1.82) is 0 Å². The van der Waals surface area contributed by atoms with Crippen LogP contribution in [0.1, 0.15) is 27.0 Å². The van der Waals surface area contributed by atoms with Gasteiger partial charge in [-0.15, -0.1) is 0 Å². The van der Waals surface area contributed by atoms with Crippen LogP contribution in [0.25, 0.3) is 0 Å². The van der Waals surface area contributed by atoms with Gasteiger partial charge in [0, 0.05) is 18.2 Å². The maximum atomic E-state index is 12.4. The summed E-state index contributed by atoms with van der Waals surface area (Å²) < 4.78 is 0.631. The highest BCUT2D eigenvalue weighted by Crippen LogP contribution is 2.15. The van der Waals surface area contributed by atoms with Crippen LogP contribution in [0, 0.1) is 13.8 Å². The molecule has 23 heavy (non-hydrogen) atoms. The van der Waals surface area contributed by atoms with Crippen molar-refractivity contribution in [3.05, 3.63) is 63.4 Å². The molecule has 0 saturated heterocycles. The lowest BCUT2D eigenvalue weighted by Gasteiger charge is -2.16. The number of carbonyl (C=O) groups excluding carboxylic acids is 2. The highest BCUT2D eigenvalue weighted by molar-refractivity contribution is 9.10. The SMILES string of the molecule is Cc1cc(C)cc(C(=O)N[C@@H](Cc2cccnc2Br)C(N)=O)c1. The molecule has 0 aliphatic rings. The zero-order valence-electron chi connectivity index (χ0n) is 13.0. The fourth-order valence-electron chi connectivity index (χ4n) is 2.36. The molecule has 1 aromatic carbocycles. The fourth-order valence-corrected chi connectivity index (χ4v) is 2.77. The van der Waals surface area contributed by atoms with Crippen LogP contribution >= 0.6 is 15.9 Å². The van der Waals surface area contributed by atoms with Crippen LogP contribution in [0.5, 0.6) is 0 Å². The number of benzene rings is 1. The predicted octanol–water partition coefficient (Wildman–Crippen LogP) is 2.29. The summed E-state index contributed by atoms with van der Waals surface area (Å²) in [5.41, 5.74) is 8.72. The minimum atomic E-state index is -0.802. The van der Waals surface area contributed by atoms with Crippen LogP contribution in [-0.2, 0) is 11.2 Å². The van der Waals surface area contributed by atoms with E-state index in [0.29, 0.717) is 10.2 Å². The normalized spacial score (nSPS) is 11.8. The second kappa shape index (κ2) is 7.37. The second-order valence-electron chi connectivity index (χ2n) is 5.46. The van der Waals surface area contributed by atoms with Crippen molar-refractivity contribution >= 4 is 27.7 Å². The molecule has 0 aliphatic carbocycles. The molecule has 1 heterocycles. The molecule has 6 heteroatoms. The summed E-state index contributed by atoms with van der Waals surface area (Å²) in [6.07, 6.45) is 1.92. The van der Waals surface area contributed by atoms with Gasteiger partial charge in [0.2, 0.25) is 5.91 Å². The van der Waals surface area contributed by atoms with Gasteiger partial charge in [-0.2, -0.15) is 0 Å². The number of pyridine rings is 1. The number of primary amides is 1. The number of nitrogens with zero attached hydrogens (tertiary/aromatic N) is 1. The van der Waals surface area contributed by atoms with Gasteiger partial charge in [0.1, 0.15) is 10.6 Å². The molecule has 0 fully saturated rings. The monoisotopic (exact) mass is 375 g/mol. The van der Waals surface area contributed by atoms with Crippen molar-refractivity contribution < 1.29 is 9.59 Å².